The minimum absolute atomic E-state index is 0.0381. The van der Waals surface area contributed by atoms with E-state index in [9.17, 15) is 19.5 Å². The molecule has 0 unspecified atom stereocenters. The van der Waals surface area contributed by atoms with Gasteiger partial charge in [0.15, 0.2) is 0 Å². The van der Waals surface area contributed by atoms with Crippen LogP contribution >= 0.6 is 27.3 Å². The molecular formula is C17H14BrN3O4S. The maximum atomic E-state index is 12.8. The minimum Gasteiger partial charge on any atom is -0.478 e. The van der Waals surface area contributed by atoms with Crippen molar-refractivity contribution in [3.8, 4) is 0 Å². The number of nitrogens with one attached hydrogen (secondary N) is 1. The van der Waals surface area contributed by atoms with Crippen molar-refractivity contribution in [1.29, 1.82) is 0 Å². The Morgan fingerprint density at radius 2 is 2.00 bits per heavy atom. The Bertz CT molecular complexity index is 1060. The van der Waals surface area contributed by atoms with E-state index >= 15 is 0 Å². The van der Waals surface area contributed by atoms with Crippen molar-refractivity contribution in [1.82, 2.24) is 9.55 Å². The molecule has 2 aromatic heterocycles. The van der Waals surface area contributed by atoms with Gasteiger partial charge in [0.1, 0.15) is 17.2 Å². The zero-order chi connectivity index (χ0) is 18.8. The lowest BCUT2D eigenvalue weighted by molar-refractivity contribution is -0.116. The van der Waals surface area contributed by atoms with Crippen molar-refractivity contribution in [2.24, 2.45) is 0 Å². The number of nitrogens with zero attached hydrogens (tertiary/aromatic N) is 2. The van der Waals surface area contributed by atoms with Gasteiger partial charge in [0.05, 0.1) is 10.9 Å². The van der Waals surface area contributed by atoms with Gasteiger partial charge in [0, 0.05) is 22.0 Å². The van der Waals surface area contributed by atoms with E-state index in [1.54, 1.807) is 24.3 Å². The molecule has 0 saturated heterocycles. The second-order valence-corrected chi connectivity index (χ2v) is 7.24. The number of carboxylic acids is 1. The largest absolute Gasteiger partial charge is 0.478 e. The molecule has 26 heavy (non-hydrogen) atoms. The molecule has 2 N–H and O–H groups in total. The number of halogens is 1. The summed E-state index contributed by atoms with van der Waals surface area (Å²) in [6.45, 7) is 1.58. The standard InChI is InChI=1S/C17H14BrN3O4S/c1-2-12-20-15-14(11(8-26-15)17(24)25)16(23)21(12)7-13(22)19-10-5-3-9(18)4-6-10/h3-6,8H,2,7H2,1H3,(H,19,22)(H,24,25). The van der Waals surface area contributed by atoms with Crippen LogP contribution in [-0.4, -0.2) is 26.5 Å². The average Bonchev–Trinajstić information content (AvgIpc) is 3.03. The van der Waals surface area contributed by atoms with Crippen LogP contribution in [0.15, 0.2) is 38.9 Å². The van der Waals surface area contributed by atoms with Crippen LogP contribution in [0, 0.1) is 0 Å². The van der Waals surface area contributed by atoms with Crippen LogP contribution < -0.4 is 10.9 Å². The fraction of sp³-hybridized carbons (Fsp3) is 0.176. The summed E-state index contributed by atoms with van der Waals surface area (Å²) in [4.78, 5) is 41.2. The van der Waals surface area contributed by atoms with Crippen molar-refractivity contribution in [2.75, 3.05) is 5.32 Å². The Kier molecular flexibility index (Phi) is 5.19. The smallest absolute Gasteiger partial charge is 0.337 e. The third-order valence-corrected chi connectivity index (χ3v) is 5.15. The molecule has 134 valence electrons. The monoisotopic (exact) mass is 435 g/mol. The summed E-state index contributed by atoms with van der Waals surface area (Å²) in [6, 6.07) is 7.04. The molecule has 0 radical (unpaired) electrons. The van der Waals surface area contributed by atoms with Gasteiger partial charge >= 0.3 is 5.97 Å². The second-order valence-electron chi connectivity index (χ2n) is 5.46. The van der Waals surface area contributed by atoms with Gasteiger partial charge in [0.25, 0.3) is 5.56 Å². The van der Waals surface area contributed by atoms with Crippen LogP contribution in [0.2, 0.25) is 0 Å². The molecule has 0 aliphatic carbocycles. The Labute approximate surface area is 160 Å². The molecule has 0 aliphatic rings. The first-order chi connectivity index (χ1) is 12.4. The fourth-order valence-electron chi connectivity index (χ4n) is 2.53. The van der Waals surface area contributed by atoms with Crippen molar-refractivity contribution < 1.29 is 14.7 Å². The molecule has 1 amide bonds. The Hall–Kier alpha value is -2.52. The number of hydrogen-bond donors (Lipinski definition) is 2. The Balaban J connectivity index is 1.97. The number of rotatable bonds is 5. The molecule has 7 nitrogen and oxygen atoms in total. The summed E-state index contributed by atoms with van der Waals surface area (Å²) in [7, 11) is 0. The number of anilines is 1. The molecule has 0 saturated carbocycles. The van der Waals surface area contributed by atoms with Crippen molar-refractivity contribution >= 4 is 55.0 Å². The summed E-state index contributed by atoms with van der Waals surface area (Å²) >= 11 is 4.43. The van der Waals surface area contributed by atoms with E-state index in [0.717, 1.165) is 15.8 Å². The normalized spacial score (nSPS) is 10.8. The molecule has 0 fully saturated rings. The van der Waals surface area contributed by atoms with Crippen LogP contribution in [0.1, 0.15) is 23.1 Å². The number of benzene rings is 1. The van der Waals surface area contributed by atoms with E-state index in [-0.39, 0.29) is 17.5 Å². The van der Waals surface area contributed by atoms with E-state index in [1.807, 2.05) is 6.92 Å². The molecule has 0 spiro atoms. The lowest BCUT2D eigenvalue weighted by Crippen LogP contribution is -2.31. The second kappa shape index (κ2) is 7.38. The molecule has 0 aliphatic heterocycles. The zero-order valence-electron chi connectivity index (χ0n) is 13.7. The highest BCUT2D eigenvalue weighted by Crippen LogP contribution is 2.22. The van der Waals surface area contributed by atoms with Gasteiger partial charge in [-0.1, -0.05) is 22.9 Å². The van der Waals surface area contributed by atoms with Gasteiger partial charge in [-0.05, 0) is 24.3 Å². The highest BCUT2D eigenvalue weighted by molar-refractivity contribution is 9.10. The number of carboxylic acid groups (broad SMARTS) is 1. The van der Waals surface area contributed by atoms with Crippen LogP contribution in [-0.2, 0) is 17.8 Å². The van der Waals surface area contributed by atoms with Crippen molar-refractivity contribution in [3.05, 3.63) is 55.9 Å². The van der Waals surface area contributed by atoms with Crippen molar-refractivity contribution in [3.63, 3.8) is 0 Å². The summed E-state index contributed by atoms with van der Waals surface area (Å²) in [5, 5.41) is 13.4. The molecule has 0 bridgehead atoms. The number of hydrogen-bond acceptors (Lipinski definition) is 5. The van der Waals surface area contributed by atoms with Crippen LogP contribution in [0.3, 0.4) is 0 Å². The SMILES string of the molecule is CCc1nc2scc(C(=O)O)c2c(=O)n1CC(=O)Nc1ccc(Br)cc1. The van der Waals surface area contributed by atoms with E-state index in [0.29, 0.717) is 22.8 Å². The van der Waals surface area contributed by atoms with E-state index in [4.69, 9.17) is 0 Å². The maximum absolute atomic E-state index is 12.8. The van der Waals surface area contributed by atoms with Gasteiger partial charge in [-0.25, -0.2) is 9.78 Å². The number of aromatic nitrogens is 2. The Morgan fingerprint density at radius 3 is 2.62 bits per heavy atom. The summed E-state index contributed by atoms with van der Waals surface area (Å²) in [5.41, 5.74) is -0.0104. The number of carbonyl (C=O) groups excluding carboxylic acids is 1. The molecule has 1 aromatic carbocycles. The molecule has 3 rings (SSSR count). The summed E-state index contributed by atoms with van der Waals surface area (Å²) < 4.78 is 2.11. The number of thiophene rings is 1. The number of fused-ring (bicyclic) bond motifs is 1. The predicted octanol–water partition coefficient (Wildman–Crippen LogP) is 3.12. The number of carbonyl (C=O) groups is 2. The number of amides is 1. The first kappa shape index (κ1) is 18.3. The van der Waals surface area contributed by atoms with Crippen LogP contribution in [0.5, 0.6) is 0 Å². The Morgan fingerprint density at radius 1 is 1.31 bits per heavy atom. The number of aryl methyl sites for hydroxylation is 1. The highest BCUT2D eigenvalue weighted by atomic mass is 79.9. The van der Waals surface area contributed by atoms with Gasteiger partial charge in [-0.2, -0.15) is 0 Å². The van der Waals surface area contributed by atoms with Gasteiger partial charge in [0.2, 0.25) is 5.91 Å². The topological polar surface area (TPSA) is 101 Å². The number of aromatic carboxylic acids is 1. The summed E-state index contributed by atoms with van der Waals surface area (Å²) in [6.07, 6.45) is 0.442. The van der Waals surface area contributed by atoms with Crippen molar-refractivity contribution in [2.45, 2.75) is 19.9 Å². The van der Waals surface area contributed by atoms with Gasteiger partial charge in [-0.15, -0.1) is 11.3 Å². The van der Waals surface area contributed by atoms with E-state index < -0.39 is 17.4 Å². The highest BCUT2D eigenvalue weighted by Gasteiger charge is 2.20. The lowest BCUT2D eigenvalue weighted by Gasteiger charge is -2.12. The molecule has 3 aromatic rings. The van der Waals surface area contributed by atoms with Crippen LogP contribution in [0.4, 0.5) is 5.69 Å². The van der Waals surface area contributed by atoms with E-state index in [2.05, 4.69) is 26.2 Å². The lowest BCUT2D eigenvalue weighted by atomic mass is 10.2. The first-order valence-corrected chi connectivity index (χ1v) is 9.37. The molecular weight excluding hydrogens is 422 g/mol. The average molecular weight is 436 g/mol. The zero-order valence-corrected chi connectivity index (χ0v) is 16.1. The minimum atomic E-state index is -1.19. The summed E-state index contributed by atoms with van der Waals surface area (Å²) in [5.74, 6) is -1.14. The van der Waals surface area contributed by atoms with Gasteiger partial charge < -0.3 is 10.4 Å². The molecule has 9 heteroatoms. The molecule has 2 heterocycles. The van der Waals surface area contributed by atoms with Crippen LogP contribution in [0.25, 0.3) is 10.2 Å². The third-order valence-electron chi connectivity index (χ3n) is 3.75. The van der Waals surface area contributed by atoms with Gasteiger partial charge in [-0.3, -0.25) is 14.2 Å². The first-order valence-electron chi connectivity index (χ1n) is 7.70. The fourth-order valence-corrected chi connectivity index (χ4v) is 3.72. The third kappa shape index (κ3) is 3.54. The van der Waals surface area contributed by atoms with E-state index in [1.165, 1.54) is 9.95 Å². The quantitative estimate of drug-likeness (QED) is 0.640. The maximum Gasteiger partial charge on any atom is 0.337 e. The molecule has 0 atom stereocenters. The predicted molar refractivity (Wildman–Crippen MR) is 103 cm³/mol.